The van der Waals surface area contributed by atoms with Crippen molar-refractivity contribution in [1.82, 2.24) is 0 Å². The van der Waals surface area contributed by atoms with Gasteiger partial charge >= 0.3 is 8.80 Å². The second-order valence-corrected chi connectivity index (χ2v) is 8.36. The van der Waals surface area contributed by atoms with Crippen LogP contribution in [0.2, 0.25) is 0 Å². The number of benzene rings is 1. The minimum Gasteiger partial charge on any atom is -0.370 e. The molecule has 0 bridgehead atoms. The van der Waals surface area contributed by atoms with Gasteiger partial charge in [0.15, 0.2) is 0 Å². The maximum absolute atomic E-state index is 6.19. The lowest BCUT2D eigenvalue weighted by Crippen LogP contribution is -2.45. The van der Waals surface area contributed by atoms with E-state index in [-0.39, 0.29) is 0 Å². The van der Waals surface area contributed by atoms with Gasteiger partial charge in [-0.2, -0.15) is 0 Å². The lowest BCUT2D eigenvalue weighted by atomic mass is 10.2. The molecule has 0 aliphatic carbocycles. The molecule has 0 atom stereocenters. The number of hydrogen-bond donors (Lipinski definition) is 0. The monoisotopic (exact) mass is 350 g/mol. The van der Waals surface area contributed by atoms with Crippen LogP contribution >= 0.6 is 0 Å². The average Bonchev–Trinajstić information content (AvgIpc) is 2.61. The van der Waals surface area contributed by atoms with E-state index in [1.165, 1.54) is 0 Å². The Morgan fingerprint density at radius 3 is 1.62 bits per heavy atom. The van der Waals surface area contributed by atoms with Crippen molar-refractivity contribution in [2.24, 2.45) is 0 Å². The van der Waals surface area contributed by atoms with E-state index in [1.807, 2.05) is 18.2 Å². The molecule has 0 saturated carbocycles. The maximum atomic E-state index is 6.19. The van der Waals surface area contributed by atoms with Crippen LogP contribution in [0.5, 0.6) is 0 Å². The van der Waals surface area contributed by atoms with E-state index in [2.05, 4.69) is 44.7 Å². The molecule has 0 amide bonds. The van der Waals surface area contributed by atoms with Gasteiger partial charge in [-0.1, -0.05) is 76.4 Å². The molecule has 4 heteroatoms. The average molecular weight is 351 g/mol. The summed E-state index contributed by atoms with van der Waals surface area (Å²) in [6.07, 6.45) is 8.49. The molecule has 0 aliphatic heterocycles. The van der Waals surface area contributed by atoms with Gasteiger partial charge in [0.2, 0.25) is 0 Å². The summed E-state index contributed by atoms with van der Waals surface area (Å²) in [5.74, 6) is 0. The Morgan fingerprint density at radius 2 is 1.21 bits per heavy atom. The Balaban J connectivity index is 2.85. The Morgan fingerprint density at radius 1 is 0.750 bits per heavy atom. The lowest BCUT2D eigenvalue weighted by molar-refractivity contribution is 0.0687. The molecule has 1 aromatic carbocycles. The van der Waals surface area contributed by atoms with Crippen LogP contribution in [0, 0.1) is 0 Å². The highest BCUT2D eigenvalue weighted by molar-refractivity contribution is 6.67. The summed E-state index contributed by atoms with van der Waals surface area (Å²) in [6.45, 7) is 8.59. The van der Waals surface area contributed by atoms with E-state index >= 15 is 0 Å². The Labute approximate surface area is 149 Å². The van der Waals surface area contributed by atoms with E-state index in [9.17, 15) is 0 Å². The van der Waals surface area contributed by atoms with Gasteiger partial charge in [0.05, 0.1) is 0 Å². The third kappa shape index (κ3) is 8.78. The number of unbranched alkanes of at least 4 members (excludes halogenated alkanes) is 3. The second kappa shape index (κ2) is 13.4. The van der Waals surface area contributed by atoms with Gasteiger partial charge in [-0.25, -0.2) is 0 Å². The first-order chi connectivity index (χ1) is 11.8. The standard InChI is InChI=1S/C20H34O3Si/c1-4-7-16-21-24(22-17-8-5-2,23-18-9-6-3)19-15-20-13-11-10-12-14-20/h10-15,19H,4-9,16-18H2,1-3H3. The third-order valence-electron chi connectivity index (χ3n) is 3.68. The quantitative estimate of drug-likeness (QED) is 0.321. The summed E-state index contributed by atoms with van der Waals surface area (Å²) in [6, 6.07) is 10.3. The summed E-state index contributed by atoms with van der Waals surface area (Å²) in [4.78, 5) is 0. The van der Waals surface area contributed by atoms with Gasteiger partial charge < -0.3 is 13.3 Å². The highest BCUT2D eigenvalue weighted by Gasteiger charge is 2.38. The predicted octanol–water partition coefficient (Wildman–Crippen LogP) is 5.63. The van der Waals surface area contributed by atoms with Crippen LogP contribution < -0.4 is 0 Å². The van der Waals surface area contributed by atoms with Crippen molar-refractivity contribution in [3.63, 3.8) is 0 Å². The molecule has 0 aromatic heterocycles. The molecule has 0 heterocycles. The van der Waals surface area contributed by atoms with Crippen molar-refractivity contribution in [1.29, 1.82) is 0 Å². The molecule has 0 N–H and O–H groups in total. The van der Waals surface area contributed by atoms with Crippen molar-refractivity contribution in [3.05, 3.63) is 41.6 Å². The first-order valence-electron chi connectivity index (χ1n) is 9.42. The molecule has 3 nitrogen and oxygen atoms in total. The van der Waals surface area contributed by atoms with Crippen LogP contribution in [0.25, 0.3) is 6.08 Å². The minimum absolute atomic E-state index is 0.695. The second-order valence-electron chi connectivity index (χ2n) is 5.95. The maximum Gasteiger partial charge on any atom is 0.529 e. The Hall–Kier alpha value is -0.943. The first kappa shape index (κ1) is 21.1. The molecular formula is C20H34O3Si. The fourth-order valence-corrected chi connectivity index (χ4v) is 4.33. The van der Waals surface area contributed by atoms with E-state index < -0.39 is 8.80 Å². The van der Waals surface area contributed by atoms with Crippen LogP contribution in [-0.2, 0) is 13.3 Å². The molecule has 136 valence electrons. The van der Waals surface area contributed by atoms with Gasteiger partial charge in [0.1, 0.15) is 0 Å². The molecule has 0 spiro atoms. The molecule has 0 radical (unpaired) electrons. The topological polar surface area (TPSA) is 27.7 Å². The fraction of sp³-hybridized carbons (Fsp3) is 0.600. The molecule has 1 rings (SSSR count). The SMILES string of the molecule is CCCCO[Si](C=Cc1ccccc1)(OCCCC)OCCCC. The van der Waals surface area contributed by atoms with Crippen molar-refractivity contribution in [2.75, 3.05) is 19.8 Å². The van der Waals surface area contributed by atoms with E-state index in [0.29, 0.717) is 19.8 Å². The summed E-state index contributed by atoms with van der Waals surface area (Å²) in [5, 5.41) is 0. The van der Waals surface area contributed by atoms with Gasteiger partial charge in [0, 0.05) is 19.8 Å². The number of rotatable bonds is 14. The molecule has 0 fully saturated rings. The summed E-state index contributed by atoms with van der Waals surface area (Å²) in [7, 11) is -2.77. The predicted molar refractivity (Wildman–Crippen MR) is 104 cm³/mol. The zero-order valence-electron chi connectivity index (χ0n) is 15.6. The fourth-order valence-electron chi connectivity index (χ4n) is 2.11. The van der Waals surface area contributed by atoms with Gasteiger partial charge in [-0.3, -0.25) is 0 Å². The van der Waals surface area contributed by atoms with E-state index in [4.69, 9.17) is 13.3 Å². The van der Waals surface area contributed by atoms with Crippen LogP contribution in [0.4, 0.5) is 0 Å². The van der Waals surface area contributed by atoms with Crippen molar-refractivity contribution < 1.29 is 13.3 Å². The van der Waals surface area contributed by atoms with Crippen LogP contribution in [0.3, 0.4) is 0 Å². The smallest absolute Gasteiger partial charge is 0.370 e. The molecule has 0 saturated heterocycles. The molecule has 0 unspecified atom stereocenters. The van der Waals surface area contributed by atoms with Crippen LogP contribution in [-0.4, -0.2) is 28.6 Å². The van der Waals surface area contributed by atoms with Crippen LogP contribution in [0.15, 0.2) is 36.0 Å². The lowest BCUT2D eigenvalue weighted by Gasteiger charge is -2.27. The number of hydrogen-bond acceptors (Lipinski definition) is 3. The van der Waals surface area contributed by atoms with Gasteiger partial charge in [0.25, 0.3) is 0 Å². The Bertz CT molecular complexity index is 407. The highest BCUT2D eigenvalue weighted by Crippen LogP contribution is 2.17. The van der Waals surface area contributed by atoms with E-state index in [1.54, 1.807) is 0 Å². The molecule has 24 heavy (non-hydrogen) atoms. The van der Waals surface area contributed by atoms with Gasteiger partial charge in [-0.05, 0) is 30.5 Å². The Kier molecular flexibility index (Phi) is 11.7. The van der Waals surface area contributed by atoms with Crippen LogP contribution in [0.1, 0.15) is 64.9 Å². The third-order valence-corrected chi connectivity index (χ3v) is 6.08. The molecular weight excluding hydrogens is 316 g/mol. The van der Waals surface area contributed by atoms with Crippen molar-refractivity contribution >= 4 is 14.9 Å². The van der Waals surface area contributed by atoms with Crippen molar-refractivity contribution in [3.8, 4) is 0 Å². The zero-order chi connectivity index (χ0) is 17.5. The van der Waals surface area contributed by atoms with Gasteiger partial charge in [-0.15, -0.1) is 0 Å². The summed E-state index contributed by atoms with van der Waals surface area (Å²) in [5.41, 5.74) is 3.20. The van der Waals surface area contributed by atoms with E-state index in [0.717, 1.165) is 44.1 Å². The molecule has 0 aliphatic rings. The minimum atomic E-state index is -2.77. The molecule has 1 aromatic rings. The normalized spacial score (nSPS) is 12.1. The van der Waals surface area contributed by atoms with Crippen molar-refractivity contribution in [2.45, 2.75) is 59.3 Å². The highest BCUT2D eigenvalue weighted by atomic mass is 28.4. The summed E-state index contributed by atoms with van der Waals surface area (Å²) >= 11 is 0. The summed E-state index contributed by atoms with van der Waals surface area (Å²) < 4.78 is 18.6. The first-order valence-corrected chi connectivity index (χ1v) is 11.2. The largest absolute Gasteiger partial charge is 0.529 e. The zero-order valence-corrected chi connectivity index (χ0v) is 16.6.